The Hall–Kier alpha value is -0.830. The molecule has 0 amide bonds. The molecule has 1 aliphatic heterocycles. The maximum absolute atomic E-state index is 4.38. The Kier molecular flexibility index (Phi) is 1.66. The summed E-state index contributed by atoms with van der Waals surface area (Å²) in [5, 5.41) is 5.23. The highest BCUT2D eigenvalue weighted by atomic mass is 32.1. The summed E-state index contributed by atoms with van der Waals surface area (Å²) in [5.74, 6) is 1.06. The molecule has 2 nitrogen and oxygen atoms in total. The van der Waals surface area contributed by atoms with Gasteiger partial charge in [-0.3, -0.25) is 4.99 Å². The number of nitrogens with one attached hydrogen (secondary N) is 1. The molecule has 1 aliphatic rings. The Bertz CT molecular complexity index is 288. The maximum Gasteiger partial charge on any atom is 0.138 e. The average molecular weight is 166 g/mol. The van der Waals surface area contributed by atoms with Crippen LogP contribution in [0.2, 0.25) is 0 Å². The van der Waals surface area contributed by atoms with Crippen LogP contribution in [0.3, 0.4) is 0 Å². The molecule has 1 N–H and O–H groups in total. The highest BCUT2D eigenvalue weighted by molar-refractivity contribution is 7.12. The Labute approximate surface area is 70.0 Å². The third kappa shape index (κ3) is 1.05. The van der Waals surface area contributed by atoms with Crippen LogP contribution < -0.4 is 5.32 Å². The van der Waals surface area contributed by atoms with E-state index >= 15 is 0 Å². The zero-order valence-electron chi connectivity index (χ0n) is 6.42. The molecule has 0 fully saturated rings. The lowest BCUT2D eigenvalue weighted by atomic mass is 10.1. The van der Waals surface area contributed by atoms with Crippen molar-refractivity contribution in [1.29, 1.82) is 0 Å². The number of rotatable bonds is 0. The van der Waals surface area contributed by atoms with Crippen LogP contribution in [0.1, 0.15) is 10.4 Å². The van der Waals surface area contributed by atoms with Crippen LogP contribution in [0.4, 0.5) is 0 Å². The van der Waals surface area contributed by atoms with Crippen molar-refractivity contribution >= 4 is 17.2 Å². The molecule has 0 aromatic carbocycles. The first kappa shape index (κ1) is 6.85. The molecule has 0 radical (unpaired) electrons. The molecule has 11 heavy (non-hydrogen) atoms. The Morgan fingerprint density at radius 3 is 3.36 bits per heavy atom. The Balaban J connectivity index is 2.45. The molecule has 0 spiro atoms. The molecule has 0 unspecified atom stereocenters. The van der Waals surface area contributed by atoms with E-state index in [0.717, 1.165) is 18.8 Å². The maximum atomic E-state index is 4.38. The van der Waals surface area contributed by atoms with Gasteiger partial charge in [0, 0.05) is 13.6 Å². The summed E-state index contributed by atoms with van der Waals surface area (Å²) in [4.78, 5) is 5.70. The van der Waals surface area contributed by atoms with Gasteiger partial charge in [-0.2, -0.15) is 0 Å². The Morgan fingerprint density at radius 2 is 2.55 bits per heavy atom. The second-order valence-corrected chi connectivity index (χ2v) is 3.42. The monoisotopic (exact) mass is 166 g/mol. The second kappa shape index (κ2) is 2.66. The van der Waals surface area contributed by atoms with E-state index in [2.05, 4.69) is 21.8 Å². The fraction of sp³-hybridized carbons (Fsp3) is 0.375. The summed E-state index contributed by atoms with van der Waals surface area (Å²) in [6.45, 7) is 0.930. The van der Waals surface area contributed by atoms with Crippen LogP contribution in [0, 0.1) is 0 Å². The SMILES string of the molecule is CNC1=NCCc2ccsc21. The van der Waals surface area contributed by atoms with Crippen molar-refractivity contribution in [2.75, 3.05) is 13.6 Å². The molecule has 0 saturated heterocycles. The Morgan fingerprint density at radius 1 is 1.64 bits per heavy atom. The van der Waals surface area contributed by atoms with Crippen LogP contribution in [0.5, 0.6) is 0 Å². The van der Waals surface area contributed by atoms with Crippen molar-refractivity contribution in [2.24, 2.45) is 4.99 Å². The van der Waals surface area contributed by atoms with Crippen molar-refractivity contribution < 1.29 is 0 Å². The van der Waals surface area contributed by atoms with Crippen LogP contribution in [-0.4, -0.2) is 19.4 Å². The summed E-state index contributed by atoms with van der Waals surface area (Å²) in [6, 6.07) is 2.19. The fourth-order valence-electron chi connectivity index (χ4n) is 1.29. The van der Waals surface area contributed by atoms with Gasteiger partial charge in [-0.15, -0.1) is 11.3 Å². The average Bonchev–Trinajstić information content (AvgIpc) is 2.50. The van der Waals surface area contributed by atoms with Crippen molar-refractivity contribution in [1.82, 2.24) is 5.32 Å². The molecule has 3 heteroatoms. The molecule has 0 atom stereocenters. The van der Waals surface area contributed by atoms with Crippen LogP contribution in [-0.2, 0) is 6.42 Å². The smallest absolute Gasteiger partial charge is 0.138 e. The van der Waals surface area contributed by atoms with E-state index in [1.165, 1.54) is 10.4 Å². The van der Waals surface area contributed by atoms with E-state index in [-0.39, 0.29) is 0 Å². The molecule has 1 aromatic heterocycles. The fourth-order valence-corrected chi connectivity index (χ4v) is 2.26. The molecule has 0 saturated carbocycles. The number of hydrogen-bond donors (Lipinski definition) is 1. The lowest BCUT2D eigenvalue weighted by Crippen LogP contribution is -2.23. The number of amidine groups is 1. The van der Waals surface area contributed by atoms with Crippen molar-refractivity contribution in [3.63, 3.8) is 0 Å². The molecular formula is C8H10N2S. The molecule has 0 bridgehead atoms. The second-order valence-electron chi connectivity index (χ2n) is 2.51. The minimum Gasteiger partial charge on any atom is -0.372 e. The normalized spacial score (nSPS) is 15.5. The molecule has 2 rings (SSSR count). The zero-order valence-corrected chi connectivity index (χ0v) is 7.24. The third-order valence-electron chi connectivity index (χ3n) is 1.85. The van der Waals surface area contributed by atoms with Gasteiger partial charge in [0.15, 0.2) is 0 Å². The topological polar surface area (TPSA) is 24.4 Å². The van der Waals surface area contributed by atoms with E-state index in [0.29, 0.717) is 0 Å². The molecule has 0 aliphatic carbocycles. The predicted octanol–water partition coefficient (Wildman–Crippen LogP) is 1.27. The van der Waals surface area contributed by atoms with Crippen LogP contribution >= 0.6 is 11.3 Å². The standard InChI is InChI=1S/C8H10N2S/c1-9-8-7-6(2-4-10-8)3-5-11-7/h3,5H,2,4H2,1H3,(H,9,10). The van der Waals surface area contributed by atoms with Gasteiger partial charge < -0.3 is 5.32 Å². The third-order valence-corrected chi connectivity index (χ3v) is 2.81. The van der Waals surface area contributed by atoms with Gasteiger partial charge >= 0.3 is 0 Å². The van der Waals surface area contributed by atoms with E-state index in [4.69, 9.17) is 0 Å². The number of fused-ring (bicyclic) bond motifs is 1. The van der Waals surface area contributed by atoms with E-state index in [1.807, 2.05) is 7.05 Å². The van der Waals surface area contributed by atoms with Gasteiger partial charge in [0.25, 0.3) is 0 Å². The summed E-state index contributed by atoms with van der Waals surface area (Å²) in [5.41, 5.74) is 1.44. The number of nitrogens with zero attached hydrogens (tertiary/aromatic N) is 1. The van der Waals surface area contributed by atoms with Gasteiger partial charge in [0.05, 0.1) is 4.88 Å². The molecule has 1 aromatic rings. The minimum atomic E-state index is 0.930. The summed E-state index contributed by atoms with van der Waals surface area (Å²) >= 11 is 1.76. The van der Waals surface area contributed by atoms with E-state index < -0.39 is 0 Å². The minimum absolute atomic E-state index is 0.930. The van der Waals surface area contributed by atoms with Gasteiger partial charge in [-0.05, 0) is 23.4 Å². The van der Waals surface area contributed by atoms with Crippen LogP contribution in [0.15, 0.2) is 16.4 Å². The largest absolute Gasteiger partial charge is 0.372 e. The number of thiophene rings is 1. The summed E-state index contributed by atoms with van der Waals surface area (Å²) in [7, 11) is 1.92. The van der Waals surface area contributed by atoms with Gasteiger partial charge in [-0.25, -0.2) is 0 Å². The van der Waals surface area contributed by atoms with Crippen molar-refractivity contribution in [2.45, 2.75) is 6.42 Å². The van der Waals surface area contributed by atoms with Crippen molar-refractivity contribution in [3.8, 4) is 0 Å². The zero-order chi connectivity index (χ0) is 7.68. The molecule has 2 heterocycles. The number of aliphatic imine (C=N–C) groups is 1. The lowest BCUT2D eigenvalue weighted by molar-refractivity contribution is 0.930. The summed E-state index contributed by atoms with van der Waals surface area (Å²) in [6.07, 6.45) is 1.10. The molecular weight excluding hydrogens is 156 g/mol. The quantitative estimate of drug-likeness (QED) is 0.616. The van der Waals surface area contributed by atoms with Crippen LogP contribution in [0.25, 0.3) is 0 Å². The van der Waals surface area contributed by atoms with E-state index in [1.54, 1.807) is 11.3 Å². The van der Waals surface area contributed by atoms with E-state index in [9.17, 15) is 0 Å². The highest BCUT2D eigenvalue weighted by Gasteiger charge is 2.12. The highest BCUT2D eigenvalue weighted by Crippen LogP contribution is 2.20. The van der Waals surface area contributed by atoms with Gasteiger partial charge in [-0.1, -0.05) is 0 Å². The van der Waals surface area contributed by atoms with Crippen molar-refractivity contribution in [3.05, 3.63) is 21.9 Å². The first-order valence-electron chi connectivity index (χ1n) is 3.71. The molecule has 58 valence electrons. The lowest BCUT2D eigenvalue weighted by Gasteiger charge is -2.11. The van der Waals surface area contributed by atoms with Gasteiger partial charge in [0.1, 0.15) is 5.84 Å². The first-order chi connectivity index (χ1) is 5.42. The summed E-state index contributed by atoms with van der Waals surface area (Å²) < 4.78 is 0. The predicted molar refractivity (Wildman–Crippen MR) is 48.5 cm³/mol. The number of hydrogen-bond acceptors (Lipinski definition) is 3. The first-order valence-corrected chi connectivity index (χ1v) is 4.58. The van der Waals surface area contributed by atoms with Gasteiger partial charge in [0.2, 0.25) is 0 Å².